The van der Waals surface area contributed by atoms with Crippen molar-refractivity contribution in [2.75, 3.05) is 5.75 Å². The van der Waals surface area contributed by atoms with Crippen LogP contribution in [0.15, 0.2) is 38.7 Å². The molecule has 2 aromatic heterocycles. The molecular formula is C15H14BrClN4OS. The van der Waals surface area contributed by atoms with Crippen LogP contribution in [0.4, 0.5) is 0 Å². The summed E-state index contributed by atoms with van der Waals surface area (Å²) >= 11 is 11.1. The maximum absolute atomic E-state index is 12.3. The van der Waals surface area contributed by atoms with Crippen molar-refractivity contribution in [1.29, 1.82) is 0 Å². The van der Waals surface area contributed by atoms with Crippen LogP contribution in [0.25, 0.3) is 11.2 Å². The van der Waals surface area contributed by atoms with Gasteiger partial charge in [-0.15, -0.1) is 0 Å². The summed E-state index contributed by atoms with van der Waals surface area (Å²) in [5.74, 6) is 0.906. The molecule has 5 nitrogen and oxygen atoms in total. The van der Waals surface area contributed by atoms with Crippen LogP contribution < -0.4 is 5.69 Å². The first-order valence-electron chi connectivity index (χ1n) is 7.11. The van der Waals surface area contributed by atoms with E-state index >= 15 is 0 Å². The number of nitrogens with one attached hydrogen (secondary N) is 1. The van der Waals surface area contributed by atoms with Crippen molar-refractivity contribution in [2.24, 2.45) is 0 Å². The van der Waals surface area contributed by atoms with Crippen molar-refractivity contribution >= 4 is 50.5 Å². The standard InChI is InChI=1S/C15H14BrClN4OS/c1-2-7-23-14-19-12(17)11-13(20-14)21(15(22)18-11)8-9-3-5-10(16)6-4-9/h3-6H,2,7-8H2,1H3,(H,18,22). The fourth-order valence-electron chi connectivity index (χ4n) is 2.15. The molecule has 0 aliphatic heterocycles. The lowest BCUT2D eigenvalue weighted by molar-refractivity contribution is 0.771. The Kier molecular flexibility index (Phi) is 5.08. The van der Waals surface area contributed by atoms with Gasteiger partial charge in [-0.05, 0) is 24.1 Å². The van der Waals surface area contributed by atoms with Gasteiger partial charge in [0.2, 0.25) is 0 Å². The molecule has 0 bridgehead atoms. The topological polar surface area (TPSA) is 63.6 Å². The van der Waals surface area contributed by atoms with E-state index in [4.69, 9.17) is 11.6 Å². The van der Waals surface area contributed by atoms with Crippen molar-refractivity contribution in [3.05, 3.63) is 49.9 Å². The second-order valence-electron chi connectivity index (χ2n) is 4.99. The van der Waals surface area contributed by atoms with Crippen molar-refractivity contribution < 1.29 is 0 Å². The highest BCUT2D eigenvalue weighted by Crippen LogP contribution is 2.23. The van der Waals surface area contributed by atoms with Crippen molar-refractivity contribution in [2.45, 2.75) is 25.0 Å². The van der Waals surface area contributed by atoms with E-state index in [1.807, 2.05) is 24.3 Å². The Morgan fingerprint density at radius 2 is 2.04 bits per heavy atom. The highest BCUT2D eigenvalue weighted by atomic mass is 79.9. The molecule has 23 heavy (non-hydrogen) atoms. The van der Waals surface area contributed by atoms with Gasteiger partial charge in [-0.1, -0.05) is 58.3 Å². The summed E-state index contributed by atoms with van der Waals surface area (Å²) in [6, 6.07) is 7.81. The minimum Gasteiger partial charge on any atom is -0.302 e. The number of aromatic nitrogens is 4. The molecule has 0 aliphatic rings. The van der Waals surface area contributed by atoms with Crippen LogP contribution in [-0.2, 0) is 6.54 Å². The third kappa shape index (κ3) is 3.62. The molecule has 0 saturated heterocycles. The highest BCUT2D eigenvalue weighted by molar-refractivity contribution is 9.10. The van der Waals surface area contributed by atoms with Gasteiger partial charge >= 0.3 is 5.69 Å². The number of fused-ring (bicyclic) bond motifs is 1. The number of halogens is 2. The van der Waals surface area contributed by atoms with Gasteiger partial charge in [0, 0.05) is 10.2 Å². The third-order valence-corrected chi connectivity index (χ3v) is 5.10. The molecule has 2 heterocycles. The summed E-state index contributed by atoms with van der Waals surface area (Å²) in [6.45, 7) is 2.52. The van der Waals surface area contributed by atoms with Gasteiger partial charge in [0.25, 0.3) is 0 Å². The molecular weight excluding hydrogens is 400 g/mol. The number of thioether (sulfide) groups is 1. The monoisotopic (exact) mass is 412 g/mol. The molecule has 0 spiro atoms. The summed E-state index contributed by atoms with van der Waals surface area (Å²) in [5.41, 5.74) is 1.79. The van der Waals surface area contributed by atoms with E-state index in [1.54, 1.807) is 4.57 Å². The van der Waals surface area contributed by atoms with Crippen molar-refractivity contribution in [3.63, 3.8) is 0 Å². The zero-order chi connectivity index (χ0) is 16.4. The number of hydrogen-bond acceptors (Lipinski definition) is 4. The number of benzene rings is 1. The lowest BCUT2D eigenvalue weighted by Gasteiger charge is -2.05. The first kappa shape index (κ1) is 16.5. The van der Waals surface area contributed by atoms with Crippen LogP contribution in [0, 0.1) is 0 Å². The predicted molar refractivity (Wildman–Crippen MR) is 97.4 cm³/mol. The van der Waals surface area contributed by atoms with E-state index in [2.05, 4.69) is 37.8 Å². The second-order valence-corrected chi connectivity index (χ2v) is 7.32. The summed E-state index contributed by atoms with van der Waals surface area (Å²) in [5, 5.41) is 0.869. The van der Waals surface area contributed by atoms with Gasteiger partial charge in [-0.2, -0.15) is 0 Å². The van der Waals surface area contributed by atoms with E-state index in [0.29, 0.717) is 22.9 Å². The molecule has 3 rings (SSSR count). The molecule has 0 fully saturated rings. The molecule has 1 aromatic carbocycles. The van der Waals surface area contributed by atoms with Crippen LogP contribution in [0.3, 0.4) is 0 Å². The fourth-order valence-corrected chi connectivity index (χ4v) is 3.37. The molecule has 0 unspecified atom stereocenters. The molecule has 0 radical (unpaired) electrons. The average Bonchev–Trinajstić information content (AvgIpc) is 2.84. The number of rotatable bonds is 5. The highest BCUT2D eigenvalue weighted by Gasteiger charge is 2.14. The quantitative estimate of drug-likeness (QED) is 0.389. The van der Waals surface area contributed by atoms with E-state index in [-0.39, 0.29) is 10.8 Å². The van der Waals surface area contributed by atoms with E-state index < -0.39 is 0 Å². The summed E-state index contributed by atoms with van der Waals surface area (Å²) in [7, 11) is 0. The van der Waals surface area contributed by atoms with Crippen LogP contribution in [0.2, 0.25) is 5.15 Å². The first-order chi connectivity index (χ1) is 11.1. The maximum atomic E-state index is 12.3. The number of aromatic amines is 1. The van der Waals surface area contributed by atoms with Crippen LogP contribution >= 0.6 is 39.3 Å². The molecule has 8 heteroatoms. The molecule has 0 saturated carbocycles. The summed E-state index contributed by atoms with van der Waals surface area (Å²) < 4.78 is 2.58. The largest absolute Gasteiger partial charge is 0.328 e. The van der Waals surface area contributed by atoms with Crippen LogP contribution in [-0.4, -0.2) is 25.3 Å². The summed E-state index contributed by atoms with van der Waals surface area (Å²) in [4.78, 5) is 23.7. The van der Waals surface area contributed by atoms with E-state index in [0.717, 1.165) is 22.2 Å². The second kappa shape index (κ2) is 7.07. The van der Waals surface area contributed by atoms with E-state index in [1.165, 1.54) is 11.8 Å². The van der Waals surface area contributed by atoms with Gasteiger partial charge in [-0.25, -0.2) is 14.8 Å². The fraction of sp³-hybridized carbons (Fsp3) is 0.267. The number of imidazole rings is 1. The van der Waals surface area contributed by atoms with Crippen LogP contribution in [0.1, 0.15) is 18.9 Å². The van der Waals surface area contributed by atoms with Gasteiger partial charge < -0.3 is 4.98 Å². The molecule has 120 valence electrons. The molecule has 1 N–H and O–H groups in total. The number of nitrogens with zero attached hydrogens (tertiary/aromatic N) is 3. The lowest BCUT2D eigenvalue weighted by atomic mass is 10.2. The Labute approximate surface area is 150 Å². The van der Waals surface area contributed by atoms with Gasteiger partial charge in [0.15, 0.2) is 16.0 Å². The molecule has 3 aromatic rings. The smallest absolute Gasteiger partial charge is 0.302 e. The SMILES string of the molecule is CCCSc1nc(Cl)c2[nH]c(=O)n(Cc3ccc(Br)cc3)c2n1. The number of hydrogen-bond donors (Lipinski definition) is 1. The van der Waals surface area contributed by atoms with Crippen molar-refractivity contribution in [1.82, 2.24) is 19.5 Å². The van der Waals surface area contributed by atoms with Gasteiger partial charge in [0.05, 0.1) is 6.54 Å². The minimum absolute atomic E-state index is 0.239. The zero-order valence-corrected chi connectivity index (χ0v) is 15.5. The van der Waals surface area contributed by atoms with Crippen molar-refractivity contribution in [3.8, 4) is 0 Å². The van der Waals surface area contributed by atoms with E-state index in [9.17, 15) is 4.79 Å². The predicted octanol–water partition coefficient (Wildman–Crippen LogP) is 4.09. The zero-order valence-electron chi connectivity index (χ0n) is 12.3. The Morgan fingerprint density at radius 3 is 2.74 bits per heavy atom. The van der Waals surface area contributed by atoms with Crippen LogP contribution in [0.5, 0.6) is 0 Å². The number of H-pyrrole nitrogens is 1. The Hall–Kier alpha value is -1.31. The van der Waals surface area contributed by atoms with Gasteiger partial charge in [-0.3, -0.25) is 4.57 Å². The average molecular weight is 414 g/mol. The van der Waals surface area contributed by atoms with Gasteiger partial charge in [0.1, 0.15) is 5.52 Å². The molecule has 0 atom stereocenters. The molecule has 0 amide bonds. The molecule has 0 aliphatic carbocycles. The Bertz CT molecular complexity index is 891. The third-order valence-electron chi connectivity index (χ3n) is 3.25. The Morgan fingerprint density at radius 1 is 1.30 bits per heavy atom. The first-order valence-corrected chi connectivity index (χ1v) is 9.27. The normalized spacial score (nSPS) is 11.3. The Balaban J connectivity index is 2.04. The maximum Gasteiger partial charge on any atom is 0.328 e. The summed E-state index contributed by atoms with van der Waals surface area (Å²) in [6.07, 6.45) is 1.02. The lowest BCUT2D eigenvalue weighted by Crippen LogP contribution is -2.17. The minimum atomic E-state index is -0.239.